The van der Waals surface area contributed by atoms with Crippen LogP contribution in [0.25, 0.3) is 0 Å². The van der Waals surface area contributed by atoms with Gasteiger partial charge in [-0.25, -0.2) is 13.6 Å². The van der Waals surface area contributed by atoms with E-state index in [2.05, 4.69) is 5.32 Å². The highest BCUT2D eigenvalue weighted by molar-refractivity contribution is 7.89. The average Bonchev–Trinajstić information content (AvgIpc) is 3.04. The first-order valence-electron chi connectivity index (χ1n) is 10.1. The van der Waals surface area contributed by atoms with Crippen LogP contribution in [0.1, 0.15) is 55.2 Å². The lowest BCUT2D eigenvalue weighted by molar-refractivity contribution is 0.0641. The molecule has 0 aromatic heterocycles. The summed E-state index contributed by atoms with van der Waals surface area (Å²) in [7, 11) is -3.78. The number of hydrogen-bond acceptors (Lipinski definition) is 5. The number of primary sulfonamides is 1. The summed E-state index contributed by atoms with van der Waals surface area (Å²) < 4.78 is 22.7. The molecule has 0 aliphatic carbocycles. The lowest BCUT2D eigenvalue weighted by Gasteiger charge is -2.16. The van der Waals surface area contributed by atoms with E-state index in [1.165, 1.54) is 17.0 Å². The highest BCUT2D eigenvalue weighted by Crippen LogP contribution is 2.24. The van der Waals surface area contributed by atoms with Gasteiger partial charge < -0.3 is 5.32 Å². The predicted octanol–water partition coefficient (Wildman–Crippen LogP) is 2.62. The zero-order valence-electron chi connectivity index (χ0n) is 17.7. The number of sulfonamides is 1. The van der Waals surface area contributed by atoms with Crippen LogP contribution in [0.15, 0.2) is 77.7 Å². The zero-order valence-corrected chi connectivity index (χ0v) is 18.5. The van der Waals surface area contributed by atoms with Crippen LogP contribution in [0, 0.1) is 0 Å². The standard InChI is InChI=1S/C24H21N3O5S/c1-15(17-10-12-19(13-11-17)33(25,31)32)26-22(28)18-8-6-16(7-9-18)14-27-23(29)20-4-2-3-5-21(20)24(27)30/h2-13,15H,14H2,1H3,(H,26,28)(H2,25,31,32). The Bertz CT molecular complexity index is 1310. The van der Waals surface area contributed by atoms with Gasteiger partial charge in [0.25, 0.3) is 17.7 Å². The molecule has 0 bridgehead atoms. The Kier molecular flexibility index (Phi) is 5.84. The fourth-order valence-corrected chi connectivity index (χ4v) is 4.15. The van der Waals surface area contributed by atoms with Crippen LogP contribution in [-0.4, -0.2) is 31.0 Å². The third-order valence-electron chi connectivity index (χ3n) is 5.49. The number of rotatable bonds is 6. The minimum Gasteiger partial charge on any atom is -0.346 e. The highest BCUT2D eigenvalue weighted by atomic mass is 32.2. The minimum atomic E-state index is -3.78. The SMILES string of the molecule is CC(NC(=O)c1ccc(CN2C(=O)c3ccccc3C2=O)cc1)c1ccc(S(N)(=O)=O)cc1. The van der Waals surface area contributed by atoms with Crippen LogP contribution in [-0.2, 0) is 16.6 Å². The summed E-state index contributed by atoms with van der Waals surface area (Å²) in [5, 5.41) is 7.95. The molecule has 3 amide bonds. The zero-order chi connectivity index (χ0) is 23.8. The molecule has 1 atom stereocenters. The lowest BCUT2D eigenvalue weighted by atomic mass is 10.1. The van der Waals surface area contributed by atoms with Crippen LogP contribution < -0.4 is 10.5 Å². The van der Waals surface area contributed by atoms with E-state index in [1.54, 1.807) is 67.6 Å². The quantitative estimate of drug-likeness (QED) is 0.544. The molecular weight excluding hydrogens is 442 g/mol. The third-order valence-corrected chi connectivity index (χ3v) is 6.42. The second-order valence-electron chi connectivity index (χ2n) is 7.75. The van der Waals surface area contributed by atoms with E-state index in [4.69, 9.17) is 5.14 Å². The fraction of sp³-hybridized carbons (Fsp3) is 0.125. The van der Waals surface area contributed by atoms with E-state index in [9.17, 15) is 22.8 Å². The van der Waals surface area contributed by atoms with Crippen molar-refractivity contribution >= 4 is 27.7 Å². The summed E-state index contributed by atoms with van der Waals surface area (Å²) in [5.41, 5.74) is 2.63. The van der Waals surface area contributed by atoms with Crippen molar-refractivity contribution < 1.29 is 22.8 Å². The van der Waals surface area contributed by atoms with Crippen molar-refractivity contribution in [3.63, 3.8) is 0 Å². The van der Waals surface area contributed by atoms with Crippen molar-refractivity contribution in [1.82, 2.24) is 10.2 Å². The van der Waals surface area contributed by atoms with Crippen molar-refractivity contribution in [3.05, 3.63) is 101 Å². The monoisotopic (exact) mass is 463 g/mol. The fourth-order valence-electron chi connectivity index (χ4n) is 3.64. The summed E-state index contributed by atoms with van der Waals surface area (Å²) >= 11 is 0. The maximum absolute atomic E-state index is 12.6. The molecule has 1 aliphatic heterocycles. The lowest BCUT2D eigenvalue weighted by Crippen LogP contribution is -2.29. The van der Waals surface area contributed by atoms with E-state index in [0.29, 0.717) is 22.3 Å². The Morgan fingerprint density at radius 1 is 0.909 bits per heavy atom. The van der Waals surface area contributed by atoms with Crippen LogP contribution >= 0.6 is 0 Å². The number of hydrogen-bond donors (Lipinski definition) is 2. The van der Waals surface area contributed by atoms with Crippen LogP contribution in [0.2, 0.25) is 0 Å². The molecule has 0 spiro atoms. The Balaban J connectivity index is 1.40. The number of fused-ring (bicyclic) bond motifs is 1. The normalized spacial score (nSPS) is 14.2. The molecule has 0 saturated heterocycles. The van der Waals surface area contributed by atoms with Gasteiger partial charge >= 0.3 is 0 Å². The molecule has 3 N–H and O–H groups in total. The van der Waals surface area contributed by atoms with E-state index >= 15 is 0 Å². The van der Waals surface area contributed by atoms with Gasteiger partial charge in [-0.15, -0.1) is 0 Å². The Labute approximate surface area is 191 Å². The highest BCUT2D eigenvalue weighted by Gasteiger charge is 2.34. The van der Waals surface area contributed by atoms with Crippen LogP contribution in [0.5, 0.6) is 0 Å². The van der Waals surface area contributed by atoms with Gasteiger partial charge in [0.1, 0.15) is 0 Å². The maximum atomic E-state index is 12.6. The van der Waals surface area contributed by atoms with E-state index in [1.807, 2.05) is 0 Å². The molecule has 4 rings (SSSR count). The molecule has 0 radical (unpaired) electrons. The number of amides is 3. The second kappa shape index (κ2) is 8.61. The number of benzene rings is 3. The van der Waals surface area contributed by atoms with Crippen molar-refractivity contribution in [2.75, 3.05) is 0 Å². The van der Waals surface area contributed by atoms with Crippen molar-refractivity contribution in [2.45, 2.75) is 24.4 Å². The van der Waals surface area contributed by atoms with Gasteiger partial charge in [0.15, 0.2) is 0 Å². The van der Waals surface area contributed by atoms with Gasteiger partial charge in [0.2, 0.25) is 10.0 Å². The van der Waals surface area contributed by atoms with Gasteiger partial charge in [0.05, 0.1) is 28.6 Å². The third kappa shape index (κ3) is 4.55. The number of imide groups is 1. The van der Waals surface area contributed by atoms with Gasteiger partial charge in [-0.3, -0.25) is 19.3 Å². The number of nitrogens with one attached hydrogen (secondary N) is 1. The molecule has 168 valence electrons. The summed E-state index contributed by atoms with van der Waals surface area (Å²) in [5.74, 6) is -0.982. The molecule has 1 heterocycles. The van der Waals surface area contributed by atoms with Gasteiger partial charge in [0, 0.05) is 5.56 Å². The van der Waals surface area contributed by atoms with Gasteiger partial charge in [-0.2, -0.15) is 0 Å². The largest absolute Gasteiger partial charge is 0.346 e. The number of nitrogens with two attached hydrogens (primary N) is 1. The molecule has 0 fully saturated rings. The molecule has 8 nitrogen and oxygen atoms in total. The molecule has 3 aromatic rings. The first-order chi connectivity index (χ1) is 15.6. The Morgan fingerprint density at radius 2 is 1.45 bits per heavy atom. The molecule has 3 aromatic carbocycles. The van der Waals surface area contributed by atoms with Crippen molar-refractivity contribution in [2.24, 2.45) is 5.14 Å². The molecule has 1 unspecified atom stereocenters. The van der Waals surface area contributed by atoms with Crippen LogP contribution in [0.3, 0.4) is 0 Å². The van der Waals surface area contributed by atoms with Crippen molar-refractivity contribution in [1.29, 1.82) is 0 Å². The van der Waals surface area contributed by atoms with Gasteiger partial charge in [-0.1, -0.05) is 36.4 Å². The molecular formula is C24H21N3O5S. The maximum Gasteiger partial charge on any atom is 0.261 e. The van der Waals surface area contributed by atoms with Crippen LogP contribution in [0.4, 0.5) is 0 Å². The predicted molar refractivity (Wildman–Crippen MR) is 121 cm³/mol. The van der Waals surface area contributed by atoms with Crippen molar-refractivity contribution in [3.8, 4) is 0 Å². The number of nitrogens with zero attached hydrogens (tertiary/aromatic N) is 1. The van der Waals surface area contributed by atoms with E-state index in [-0.39, 0.29) is 35.2 Å². The summed E-state index contributed by atoms with van der Waals surface area (Å²) in [6.07, 6.45) is 0. The van der Waals surface area contributed by atoms with Gasteiger partial charge in [-0.05, 0) is 54.4 Å². The molecule has 1 aliphatic rings. The first-order valence-corrected chi connectivity index (χ1v) is 11.7. The molecule has 33 heavy (non-hydrogen) atoms. The number of carbonyl (C=O) groups excluding carboxylic acids is 3. The Hall–Kier alpha value is -3.82. The van der Waals surface area contributed by atoms with E-state index in [0.717, 1.165) is 5.56 Å². The summed E-state index contributed by atoms with van der Waals surface area (Å²) in [4.78, 5) is 38.8. The topological polar surface area (TPSA) is 127 Å². The number of carbonyl (C=O) groups is 3. The first kappa shape index (κ1) is 22.4. The summed E-state index contributed by atoms with van der Waals surface area (Å²) in [6.45, 7) is 1.89. The average molecular weight is 464 g/mol. The second-order valence-corrected chi connectivity index (χ2v) is 9.31. The Morgan fingerprint density at radius 3 is 1.97 bits per heavy atom. The molecule has 9 heteroatoms. The smallest absolute Gasteiger partial charge is 0.261 e. The summed E-state index contributed by atoms with van der Waals surface area (Å²) in [6, 6.07) is 18.9. The minimum absolute atomic E-state index is 0.00146. The van der Waals surface area contributed by atoms with E-state index < -0.39 is 10.0 Å². The molecule has 0 saturated carbocycles.